The molecule has 0 unspecified atom stereocenters. The van der Waals surface area contributed by atoms with Crippen molar-refractivity contribution in [1.82, 2.24) is 9.38 Å². The van der Waals surface area contributed by atoms with Gasteiger partial charge in [-0.25, -0.2) is 14.2 Å². The quantitative estimate of drug-likeness (QED) is 0.851. The summed E-state index contributed by atoms with van der Waals surface area (Å²) in [6.07, 6.45) is 2.74. The highest BCUT2D eigenvalue weighted by Crippen LogP contribution is 2.17. The standard InChI is InChI=1S/C8H4BrFN2O2/c9-4-2-12-3-6(8(13)14)11-7(12)1-5(4)10/h1-3H,(H,13,14). The zero-order chi connectivity index (χ0) is 10.3. The van der Waals surface area contributed by atoms with Crippen LogP contribution in [0.5, 0.6) is 0 Å². The number of fused-ring (bicyclic) bond motifs is 1. The molecule has 0 radical (unpaired) electrons. The summed E-state index contributed by atoms with van der Waals surface area (Å²) in [4.78, 5) is 14.3. The topological polar surface area (TPSA) is 54.6 Å². The molecule has 0 aliphatic carbocycles. The lowest BCUT2D eigenvalue weighted by molar-refractivity contribution is 0.0691. The molecule has 0 aliphatic rings. The van der Waals surface area contributed by atoms with Crippen molar-refractivity contribution >= 4 is 27.5 Å². The first-order valence-corrected chi connectivity index (χ1v) is 4.44. The lowest BCUT2D eigenvalue weighted by atomic mass is 10.4. The van der Waals surface area contributed by atoms with Crippen molar-refractivity contribution in [3.63, 3.8) is 0 Å². The van der Waals surface area contributed by atoms with Gasteiger partial charge in [0.1, 0.15) is 11.5 Å². The molecule has 0 saturated heterocycles. The molecule has 0 atom stereocenters. The van der Waals surface area contributed by atoms with Crippen LogP contribution in [0.3, 0.4) is 0 Å². The highest BCUT2D eigenvalue weighted by molar-refractivity contribution is 9.10. The Morgan fingerprint density at radius 1 is 1.57 bits per heavy atom. The number of nitrogens with zero attached hydrogens (tertiary/aromatic N) is 2. The molecule has 2 heterocycles. The van der Waals surface area contributed by atoms with Crippen LogP contribution in [0.1, 0.15) is 10.5 Å². The first kappa shape index (κ1) is 9.14. The van der Waals surface area contributed by atoms with Crippen LogP contribution in [-0.4, -0.2) is 20.5 Å². The van der Waals surface area contributed by atoms with E-state index in [0.29, 0.717) is 0 Å². The third kappa shape index (κ3) is 1.37. The molecule has 0 aliphatic heterocycles. The zero-order valence-corrected chi connectivity index (χ0v) is 8.32. The Morgan fingerprint density at radius 3 is 2.93 bits per heavy atom. The number of aromatic carboxylic acids is 1. The lowest BCUT2D eigenvalue weighted by Crippen LogP contribution is -1.94. The summed E-state index contributed by atoms with van der Waals surface area (Å²) in [5.41, 5.74) is 0.158. The van der Waals surface area contributed by atoms with Crippen LogP contribution < -0.4 is 0 Å². The molecule has 0 bridgehead atoms. The number of halogens is 2. The first-order chi connectivity index (χ1) is 6.58. The van der Waals surface area contributed by atoms with Gasteiger partial charge in [0.2, 0.25) is 0 Å². The minimum atomic E-state index is -1.13. The molecule has 14 heavy (non-hydrogen) atoms. The van der Waals surface area contributed by atoms with Crippen molar-refractivity contribution in [3.8, 4) is 0 Å². The molecule has 0 amide bonds. The number of pyridine rings is 1. The molecule has 2 rings (SSSR count). The van der Waals surface area contributed by atoms with E-state index in [2.05, 4.69) is 20.9 Å². The zero-order valence-electron chi connectivity index (χ0n) is 6.74. The van der Waals surface area contributed by atoms with Gasteiger partial charge in [0.05, 0.1) is 4.47 Å². The van der Waals surface area contributed by atoms with Gasteiger partial charge in [0, 0.05) is 18.5 Å². The largest absolute Gasteiger partial charge is 0.476 e. The summed E-state index contributed by atoms with van der Waals surface area (Å²) in [5.74, 6) is -1.61. The Balaban J connectivity index is 2.72. The van der Waals surface area contributed by atoms with Gasteiger partial charge in [-0.3, -0.25) is 0 Å². The van der Waals surface area contributed by atoms with E-state index in [4.69, 9.17) is 5.11 Å². The second-order valence-corrected chi connectivity index (χ2v) is 3.52. The predicted octanol–water partition coefficient (Wildman–Crippen LogP) is 1.93. The molecular formula is C8H4BrFN2O2. The van der Waals surface area contributed by atoms with Gasteiger partial charge in [0.15, 0.2) is 5.69 Å². The van der Waals surface area contributed by atoms with Crippen LogP contribution in [0.15, 0.2) is 22.9 Å². The highest BCUT2D eigenvalue weighted by Gasteiger charge is 2.10. The van der Waals surface area contributed by atoms with Gasteiger partial charge in [-0.2, -0.15) is 0 Å². The van der Waals surface area contributed by atoms with E-state index in [0.717, 1.165) is 6.07 Å². The highest BCUT2D eigenvalue weighted by atomic mass is 79.9. The van der Waals surface area contributed by atoms with E-state index in [1.807, 2.05) is 0 Å². The fourth-order valence-corrected chi connectivity index (χ4v) is 1.42. The second-order valence-electron chi connectivity index (χ2n) is 2.67. The predicted molar refractivity (Wildman–Crippen MR) is 49.8 cm³/mol. The molecule has 2 aromatic rings. The van der Waals surface area contributed by atoms with E-state index >= 15 is 0 Å². The Hall–Kier alpha value is -1.43. The number of rotatable bonds is 1. The molecule has 6 heteroatoms. The Morgan fingerprint density at radius 2 is 2.29 bits per heavy atom. The van der Waals surface area contributed by atoms with Crippen LogP contribution in [0.4, 0.5) is 4.39 Å². The number of carbonyl (C=O) groups is 1. The molecular weight excluding hydrogens is 255 g/mol. The molecule has 1 N–H and O–H groups in total. The average molecular weight is 259 g/mol. The van der Waals surface area contributed by atoms with Gasteiger partial charge in [0.25, 0.3) is 0 Å². The lowest BCUT2D eigenvalue weighted by Gasteiger charge is -1.95. The molecule has 0 aromatic carbocycles. The third-order valence-corrected chi connectivity index (χ3v) is 2.30. The Bertz CT molecular complexity index is 484. The first-order valence-electron chi connectivity index (χ1n) is 3.65. The molecule has 0 spiro atoms. The average Bonchev–Trinajstić information content (AvgIpc) is 2.48. The van der Waals surface area contributed by atoms with Gasteiger partial charge < -0.3 is 9.51 Å². The van der Waals surface area contributed by atoms with Crippen molar-refractivity contribution in [1.29, 1.82) is 0 Å². The normalized spacial score (nSPS) is 10.7. The second kappa shape index (κ2) is 3.06. The SMILES string of the molecule is O=C(O)c1cn2cc(Br)c(F)cc2n1. The maximum Gasteiger partial charge on any atom is 0.356 e. The van der Waals surface area contributed by atoms with Crippen LogP contribution in [0, 0.1) is 5.82 Å². The van der Waals surface area contributed by atoms with Crippen LogP contribution in [-0.2, 0) is 0 Å². The van der Waals surface area contributed by atoms with Crippen molar-refractivity contribution in [3.05, 3.63) is 34.4 Å². The van der Waals surface area contributed by atoms with Gasteiger partial charge in [-0.15, -0.1) is 0 Å². The van der Waals surface area contributed by atoms with Gasteiger partial charge >= 0.3 is 5.97 Å². The number of imidazole rings is 1. The minimum absolute atomic E-state index is 0.109. The maximum absolute atomic E-state index is 13.0. The van der Waals surface area contributed by atoms with Crippen molar-refractivity contribution in [2.45, 2.75) is 0 Å². The van der Waals surface area contributed by atoms with Crippen molar-refractivity contribution in [2.75, 3.05) is 0 Å². The number of aromatic nitrogens is 2. The molecule has 72 valence electrons. The van der Waals surface area contributed by atoms with E-state index in [9.17, 15) is 9.18 Å². The van der Waals surface area contributed by atoms with E-state index in [1.54, 1.807) is 0 Å². The number of hydrogen-bond donors (Lipinski definition) is 1. The number of carboxylic acid groups (broad SMARTS) is 1. The Kier molecular flexibility index (Phi) is 1.99. The summed E-state index contributed by atoms with van der Waals surface area (Å²) in [7, 11) is 0. The summed E-state index contributed by atoms with van der Waals surface area (Å²) < 4.78 is 14.7. The van der Waals surface area contributed by atoms with Crippen LogP contribution in [0.2, 0.25) is 0 Å². The third-order valence-electron chi connectivity index (χ3n) is 1.72. The summed E-state index contributed by atoms with van der Waals surface area (Å²) in [6.45, 7) is 0. The summed E-state index contributed by atoms with van der Waals surface area (Å²) >= 11 is 2.99. The molecule has 0 fully saturated rings. The molecule has 4 nitrogen and oxygen atoms in total. The Labute approximate surface area is 86.1 Å². The monoisotopic (exact) mass is 258 g/mol. The van der Waals surface area contributed by atoms with Crippen molar-refractivity contribution in [2.24, 2.45) is 0 Å². The number of carboxylic acids is 1. The fourth-order valence-electron chi connectivity index (χ4n) is 1.09. The van der Waals surface area contributed by atoms with Gasteiger partial charge in [-0.1, -0.05) is 0 Å². The molecule has 2 aromatic heterocycles. The number of hydrogen-bond acceptors (Lipinski definition) is 2. The summed E-state index contributed by atoms with van der Waals surface area (Å²) in [5, 5.41) is 8.64. The molecule has 0 saturated carbocycles. The fraction of sp³-hybridized carbons (Fsp3) is 0. The van der Waals surface area contributed by atoms with Gasteiger partial charge in [-0.05, 0) is 15.9 Å². The summed E-state index contributed by atoms with van der Waals surface area (Å²) in [6, 6.07) is 1.16. The van der Waals surface area contributed by atoms with E-state index < -0.39 is 11.8 Å². The van der Waals surface area contributed by atoms with Crippen LogP contribution >= 0.6 is 15.9 Å². The van der Waals surface area contributed by atoms with Crippen LogP contribution in [0.25, 0.3) is 5.65 Å². The van der Waals surface area contributed by atoms with Crippen molar-refractivity contribution < 1.29 is 14.3 Å². The van der Waals surface area contributed by atoms with E-state index in [1.165, 1.54) is 16.8 Å². The van der Waals surface area contributed by atoms with E-state index in [-0.39, 0.29) is 15.8 Å². The minimum Gasteiger partial charge on any atom is -0.476 e. The maximum atomic E-state index is 13.0. The smallest absolute Gasteiger partial charge is 0.356 e.